The molecule has 0 bridgehead atoms. The van der Waals surface area contributed by atoms with Crippen molar-refractivity contribution in [1.82, 2.24) is 19.9 Å². The lowest BCUT2D eigenvalue weighted by Gasteiger charge is -2.21. The summed E-state index contributed by atoms with van der Waals surface area (Å²) in [7, 11) is 0. The number of aromatic nitrogens is 4. The average Bonchev–Trinajstić information content (AvgIpc) is 3.35. The van der Waals surface area contributed by atoms with Crippen LogP contribution in [0.4, 0.5) is 21.8 Å². The maximum atomic E-state index is 13.6. The lowest BCUT2D eigenvalue weighted by Crippen LogP contribution is -2.35. The van der Waals surface area contributed by atoms with Crippen LogP contribution in [0.25, 0.3) is 20.8 Å². The van der Waals surface area contributed by atoms with Gasteiger partial charge in [0.05, 0.1) is 33.6 Å². The number of hydrogen-bond acceptors (Lipinski definition) is 10. The lowest BCUT2D eigenvalue weighted by atomic mass is 10.1. The Morgan fingerprint density at radius 1 is 1.12 bits per heavy atom. The summed E-state index contributed by atoms with van der Waals surface area (Å²) < 4.78 is 14.6. The molecule has 4 atom stereocenters. The fourth-order valence-corrected chi connectivity index (χ4v) is 5.27. The summed E-state index contributed by atoms with van der Waals surface area (Å²) in [6.07, 6.45) is -0.431. The molecule has 0 amide bonds. The number of aliphatic hydroxyl groups is 3. The van der Waals surface area contributed by atoms with Gasteiger partial charge in [0, 0.05) is 30.5 Å². The maximum Gasteiger partial charge on any atom is 0.229 e. The van der Waals surface area contributed by atoms with Crippen LogP contribution in [0.3, 0.4) is 0 Å². The van der Waals surface area contributed by atoms with Gasteiger partial charge in [0.25, 0.3) is 0 Å². The largest absolute Gasteiger partial charge is 0.396 e. The summed E-state index contributed by atoms with van der Waals surface area (Å²) in [4.78, 5) is 17.5. The highest BCUT2D eigenvalue weighted by Crippen LogP contribution is 2.38. The molecule has 1 fully saturated rings. The quantitative estimate of drug-likeness (QED) is 0.263. The topological polar surface area (TPSA) is 136 Å². The summed E-state index contributed by atoms with van der Waals surface area (Å²) in [5.74, 6) is -0.441. The predicted octanol–water partition coefficient (Wildman–Crippen LogP) is 2.85. The van der Waals surface area contributed by atoms with Crippen LogP contribution in [0.2, 0.25) is 0 Å². The summed E-state index contributed by atoms with van der Waals surface area (Å²) in [5.41, 5.74) is 2.57. The van der Waals surface area contributed by atoms with Crippen molar-refractivity contribution in [2.75, 3.05) is 17.2 Å². The van der Waals surface area contributed by atoms with Crippen LogP contribution >= 0.6 is 11.3 Å². The molecule has 0 aliphatic heterocycles. The van der Waals surface area contributed by atoms with Crippen LogP contribution < -0.4 is 10.6 Å². The Labute approximate surface area is 198 Å². The molecular weight excluding hydrogens is 459 g/mol. The summed E-state index contributed by atoms with van der Waals surface area (Å²) >= 11 is 1.49. The summed E-state index contributed by atoms with van der Waals surface area (Å²) in [6.45, 7) is 1.59. The monoisotopic (exact) mass is 482 g/mol. The minimum absolute atomic E-state index is 0.224. The number of rotatable bonds is 6. The van der Waals surface area contributed by atoms with Crippen LogP contribution in [0.5, 0.6) is 0 Å². The third-order valence-corrected chi connectivity index (χ3v) is 6.99. The Kier molecular flexibility index (Phi) is 6.09. The van der Waals surface area contributed by atoms with Gasteiger partial charge in [0.15, 0.2) is 0 Å². The third-order valence-electron chi connectivity index (χ3n) is 5.94. The van der Waals surface area contributed by atoms with E-state index in [1.165, 1.54) is 23.6 Å². The summed E-state index contributed by atoms with van der Waals surface area (Å²) in [5, 5.41) is 37.3. The standard InChI is InChI=1S/C23H23FN6O3S/c1-11-18(22-29-14-4-2-3-5-16(14)34-22)21(28-15-8-12(10-31)19(32)20(15)33)30-23(26-11)27-13-6-7-25-17(24)9-13/h2-7,9,12,15,19-20,31-33H,8,10H2,1H3,(H2,25,26,27,28,30). The number of aliphatic hydroxyl groups excluding tert-OH is 3. The molecule has 4 aromatic rings. The molecule has 5 rings (SSSR count). The van der Waals surface area contributed by atoms with Crippen molar-refractivity contribution in [3.05, 3.63) is 54.2 Å². The van der Waals surface area contributed by atoms with Crippen molar-refractivity contribution in [3.63, 3.8) is 0 Å². The number of pyridine rings is 1. The van der Waals surface area contributed by atoms with Gasteiger partial charge in [-0.15, -0.1) is 11.3 Å². The van der Waals surface area contributed by atoms with Gasteiger partial charge in [0.2, 0.25) is 11.9 Å². The average molecular weight is 483 g/mol. The van der Waals surface area contributed by atoms with Crippen molar-refractivity contribution in [2.24, 2.45) is 5.92 Å². The van der Waals surface area contributed by atoms with E-state index in [0.717, 1.165) is 10.2 Å². The molecule has 3 aromatic heterocycles. The Bertz CT molecular complexity index is 1300. The van der Waals surface area contributed by atoms with Gasteiger partial charge in [-0.2, -0.15) is 9.37 Å². The van der Waals surface area contributed by atoms with Gasteiger partial charge in [-0.3, -0.25) is 0 Å². The number of thiazole rings is 1. The van der Waals surface area contributed by atoms with E-state index in [2.05, 4.69) is 25.6 Å². The molecule has 5 N–H and O–H groups in total. The van der Waals surface area contributed by atoms with Gasteiger partial charge in [-0.05, 0) is 31.5 Å². The molecule has 11 heteroatoms. The number of nitrogens with one attached hydrogen (secondary N) is 2. The molecule has 9 nitrogen and oxygen atoms in total. The van der Waals surface area contributed by atoms with Crippen LogP contribution in [-0.2, 0) is 0 Å². The SMILES string of the molecule is Cc1nc(Nc2ccnc(F)c2)nc(NC2CC(CO)C(O)C2O)c1-c1nc2ccccc2s1. The highest BCUT2D eigenvalue weighted by atomic mass is 32.1. The number of aryl methyl sites for hydroxylation is 1. The van der Waals surface area contributed by atoms with Gasteiger partial charge >= 0.3 is 0 Å². The number of hydrogen-bond donors (Lipinski definition) is 5. The highest BCUT2D eigenvalue weighted by Gasteiger charge is 2.41. The van der Waals surface area contributed by atoms with E-state index in [1.54, 1.807) is 6.07 Å². The number of nitrogens with zero attached hydrogens (tertiary/aromatic N) is 4. The molecule has 1 aliphatic rings. The van der Waals surface area contributed by atoms with Crippen LogP contribution in [-0.4, -0.2) is 60.1 Å². The molecule has 1 aliphatic carbocycles. The number of para-hydroxylation sites is 1. The number of fused-ring (bicyclic) bond motifs is 1. The Morgan fingerprint density at radius 2 is 1.94 bits per heavy atom. The molecule has 1 aromatic carbocycles. The van der Waals surface area contributed by atoms with Gasteiger partial charge in [-0.25, -0.2) is 15.0 Å². The van der Waals surface area contributed by atoms with Gasteiger partial charge in [0.1, 0.15) is 16.9 Å². The second-order valence-electron chi connectivity index (χ2n) is 8.25. The first kappa shape index (κ1) is 22.5. The van der Waals surface area contributed by atoms with Gasteiger partial charge < -0.3 is 26.0 Å². The molecule has 34 heavy (non-hydrogen) atoms. The zero-order chi connectivity index (χ0) is 23.8. The second kappa shape index (κ2) is 9.18. The third kappa shape index (κ3) is 4.30. The van der Waals surface area contributed by atoms with E-state index in [0.29, 0.717) is 34.2 Å². The Morgan fingerprint density at radius 3 is 2.68 bits per heavy atom. The number of anilines is 3. The summed E-state index contributed by atoms with van der Waals surface area (Å²) in [6, 6.07) is 10.1. The van der Waals surface area contributed by atoms with Crippen molar-refractivity contribution < 1.29 is 19.7 Å². The first-order valence-electron chi connectivity index (χ1n) is 10.8. The maximum absolute atomic E-state index is 13.6. The Balaban J connectivity index is 1.57. The molecular formula is C23H23FN6O3S. The van der Waals surface area contributed by atoms with Crippen molar-refractivity contribution in [3.8, 4) is 10.6 Å². The van der Waals surface area contributed by atoms with E-state index in [1.807, 2.05) is 31.2 Å². The zero-order valence-electron chi connectivity index (χ0n) is 18.2. The molecule has 176 valence electrons. The first-order valence-corrected chi connectivity index (χ1v) is 11.6. The molecule has 0 saturated heterocycles. The van der Waals surface area contributed by atoms with Crippen LogP contribution in [0.15, 0.2) is 42.6 Å². The van der Waals surface area contributed by atoms with E-state index < -0.39 is 30.1 Å². The van der Waals surface area contributed by atoms with E-state index in [4.69, 9.17) is 4.98 Å². The van der Waals surface area contributed by atoms with E-state index in [-0.39, 0.29) is 12.6 Å². The normalized spacial score (nSPS) is 22.3. The van der Waals surface area contributed by atoms with Crippen molar-refractivity contribution in [2.45, 2.75) is 31.6 Å². The lowest BCUT2D eigenvalue weighted by molar-refractivity contribution is 0.00446. The van der Waals surface area contributed by atoms with Crippen LogP contribution in [0.1, 0.15) is 12.1 Å². The van der Waals surface area contributed by atoms with Gasteiger partial charge in [-0.1, -0.05) is 12.1 Å². The molecule has 3 heterocycles. The van der Waals surface area contributed by atoms with Crippen LogP contribution in [0, 0.1) is 18.8 Å². The fraction of sp³-hybridized carbons (Fsp3) is 0.304. The minimum Gasteiger partial charge on any atom is -0.396 e. The van der Waals surface area contributed by atoms with E-state index in [9.17, 15) is 19.7 Å². The smallest absolute Gasteiger partial charge is 0.229 e. The molecule has 0 spiro atoms. The van der Waals surface area contributed by atoms with E-state index >= 15 is 0 Å². The zero-order valence-corrected chi connectivity index (χ0v) is 19.0. The minimum atomic E-state index is -1.08. The number of halogens is 1. The molecule has 4 unspecified atom stereocenters. The number of benzene rings is 1. The van der Waals surface area contributed by atoms with Crippen molar-refractivity contribution in [1.29, 1.82) is 0 Å². The molecule has 1 saturated carbocycles. The van der Waals surface area contributed by atoms with Crippen molar-refractivity contribution >= 4 is 39.0 Å². The highest BCUT2D eigenvalue weighted by molar-refractivity contribution is 7.21. The predicted molar refractivity (Wildman–Crippen MR) is 127 cm³/mol. The second-order valence-corrected chi connectivity index (χ2v) is 9.28. The Hall–Kier alpha value is -3.25. The first-order chi connectivity index (χ1) is 16.4. The fourth-order valence-electron chi connectivity index (χ4n) is 4.20. The molecule has 0 radical (unpaired) electrons.